The van der Waals surface area contributed by atoms with Crippen molar-refractivity contribution in [1.82, 2.24) is 19.7 Å². The molecule has 0 radical (unpaired) electrons. The zero-order valence-corrected chi connectivity index (χ0v) is 36.8. The molecule has 12 heteroatoms. The molecule has 2 amide bonds. The summed E-state index contributed by atoms with van der Waals surface area (Å²) in [7, 11) is 5.04. The number of rotatable bonds is 11. The molecule has 2 saturated heterocycles. The normalized spacial score (nSPS) is 19.8. The van der Waals surface area contributed by atoms with E-state index in [4.69, 9.17) is 9.47 Å². The predicted octanol–water partition coefficient (Wildman–Crippen LogP) is 7.86. The van der Waals surface area contributed by atoms with Gasteiger partial charge in [-0.3, -0.25) is 24.1 Å². The van der Waals surface area contributed by atoms with Crippen LogP contribution in [0.2, 0.25) is 0 Å². The zero-order chi connectivity index (χ0) is 43.2. The molecule has 11 nitrogen and oxygen atoms in total. The standard InChI is InChI=1S/C36H53FN4O5.C6H10.C3H6O2/c1-10-22(2)18-30-29(28-14-13-25(37)19-31(28)41(30)32-21-27(15-17-45-32)46-24(4)42)20-26-12-11-16-40(26)35(44)33(36(5,6)7)38-34(43)23(3)39(8)9;1-4-6(3)5-2;1-3(4)5-2/h10,13-14,19,23,26-27,32-33H,11-12,15-18,20-21H2,1-9H3,(H,38,43);4-5H,1H2,2-3H3;1-2H3/b22-10+;6-5-;/t23-,26?,27?,32?,33?;;/m0../s1. The van der Waals surface area contributed by atoms with E-state index in [-0.39, 0.29) is 47.8 Å². The van der Waals surface area contributed by atoms with Crippen LogP contribution in [0.5, 0.6) is 0 Å². The fraction of sp³-hybridized carbons (Fsp3) is 0.600. The second-order valence-corrected chi connectivity index (χ2v) is 16.3. The van der Waals surface area contributed by atoms with E-state index < -0.39 is 17.7 Å². The molecule has 3 heterocycles. The van der Waals surface area contributed by atoms with E-state index >= 15 is 0 Å². The van der Waals surface area contributed by atoms with E-state index in [1.165, 1.54) is 32.6 Å². The summed E-state index contributed by atoms with van der Waals surface area (Å²) in [5.41, 5.74) is 4.71. The highest BCUT2D eigenvalue weighted by Crippen LogP contribution is 2.38. The van der Waals surface area contributed by atoms with Crippen LogP contribution in [0.3, 0.4) is 0 Å². The van der Waals surface area contributed by atoms with Gasteiger partial charge in [0, 0.05) is 56.8 Å². The molecule has 1 aromatic heterocycles. The molecule has 1 N–H and O–H groups in total. The zero-order valence-electron chi connectivity index (χ0n) is 36.8. The maximum atomic E-state index is 14.9. The summed E-state index contributed by atoms with van der Waals surface area (Å²) >= 11 is 0. The number of nitrogens with one attached hydrogen (secondary N) is 1. The van der Waals surface area contributed by atoms with Crippen molar-refractivity contribution >= 4 is 34.7 Å². The monoisotopic (exact) mass is 797 g/mol. The first-order chi connectivity index (χ1) is 26.7. The van der Waals surface area contributed by atoms with Gasteiger partial charge >= 0.3 is 11.9 Å². The molecule has 1 aromatic carbocycles. The molecular weight excluding hydrogens is 728 g/mol. The highest BCUT2D eigenvalue weighted by Gasteiger charge is 2.41. The summed E-state index contributed by atoms with van der Waals surface area (Å²) < 4.78 is 32.9. The largest absolute Gasteiger partial charge is 0.469 e. The summed E-state index contributed by atoms with van der Waals surface area (Å²) in [5.74, 6) is -1.16. The van der Waals surface area contributed by atoms with Gasteiger partial charge in [0.25, 0.3) is 0 Å². The number of aromatic nitrogens is 1. The van der Waals surface area contributed by atoms with Crippen LogP contribution in [0.4, 0.5) is 4.39 Å². The van der Waals surface area contributed by atoms with Crippen molar-refractivity contribution in [2.24, 2.45) is 5.41 Å². The molecule has 5 atom stereocenters. The minimum absolute atomic E-state index is 0.0740. The van der Waals surface area contributed by atoms with Gasteiger partial charge in [-0.25, -0.2) is 4.39 Å². The molecule has 2 aliphatic heterocycles. The molecule has 57 heavy (non-hydrogen) atoms. The molecule has 4 unspecified atom stereocenters. The molecule has 0 saturated carbocycles. The topological polar surface area (TPSA) is 119 Å². The average molecular weight is 797 g/mol. The van der Waals surface area contributed by atoms with E-state index in [1.807, 2.05) is 90.6 Å². The number of carbonyl (C=O) groups excluding carboxylic acids is 4. The Morgan fingerprint density at radius 2 is 1.72 bits per heavy atom. The number of likely N-dealkylation sites (tertiary alicyclic amines) is 1. The van der Waals surface area contributed by atoms with Gasteiger partial charge in [-0.15, -0.1) is 0 Å². The van der Waals surface area contributed by atoms with Crippen molar-refractivity contribution in [1.29, 1.82) is 0 Å². The van der Waals surface area contributed by atoms with Crippen molar-refractivity contribution < 1.29 is 37.8 Å². The van der Waals surface area contributed by atoms with Crippen LogP contribution >= 0.6 is 0 Å². The Morgan fingerprint density at radius 3 is 2.23 bits per heavy atom. The number of fused-ring (bicyclic) bond motifs is 1. The third-order valence-corrected chi connectivity index (χ3v) is 10.7. The van der Waals surface area contributed by atoms with Gasteiger partial charge in [0.05, 0.1) is 25.3 Å². The van der Waals surface area contributed by atoms with Crippen molar-refractivity contribution in [3.8, 4) is 0 Å². The number of amides is 2. The number of benzene rings is 1. The second-order valence-electron chi connectivity index (χ2n) is 16.3. The number of nitrogens with zero attached hydrogens (tertiary/aromatic N) is 3. The molecule has 2 aliphatic rings. The minimum atomic E-state index is -0.683. The number of ether oxygens (including phenoxy) is 3. The van der Waals surface area contributed by atoms with E-state index in [0.29, 0.717) is 38.8 Å². The maximum absolute atomic E-state index is 14.9. The number of hydrogen-bond donors (Lipinski definition) is 1. The number of hydrogen-bond acceptors (Lipinski definition) is 8. The van der Waals surface area contributed by atoms with Gasteiger partial charge in [-0.2, -0.15) is 0 Å². The summed E-state index contributed by atoms with van der Waals surface area (Å²) in [6, 6.07) is 3.73. The van der Waals surface area contributed by atoms with Crippen LogP contribution in [0.1, 0.15) is 112 Å². The van der Waals surface area contributed by atoms with Crippen LogP contribution in [-0.2, 0) is 46.2 Å². The lowest BCUT2D eigenvalue weighted by atomic mass is 9.85. The molecule has 2 aromatic rings. The summed E-state index contributed by atoms with van der Waals surface area (Å²) in [6.45, 7) is 23.2. The maximum Gasteiger partial charge on any atom is 0.302 e. The quantitative estimate of drug-likeness (QED) is 0.139. The summed E-state index contributed by atoms with van der Waals surface area (Å²) in [4.78, 5) is 52.6. The third kappa shape index (κ3) is 14.2. The fourth-order valence-corrected chi connectivity index (χ4v) is 6.79. The Balaban J connectivity index is 0.000000895. The van der Waals surface area contributed by atoms with Gasteiger partial charge < -0.3 is 29.0 Å². The third-order valence-electron chi connectivity index (χ3n) is 10.7. The molecular formula is C45H69FN4O7. The average Bonchev–Trinajstić information content (AvgIpc) is 3.74. The summed E-state index contributed by atoms with van der Waals surface area (Å²) in [5, 5.41) is 4.00. The molecule has 4 rings (SSSR count). The van der Waals surface area contributed by atoms with Crippen LogP contribution < -0.4 is 5.32 Å². The van der Waals surface area contributed by atoms with E-state index in [0.717, 1.165) is 40.6 Å². The van der Waals surface area contributed by atoms with E-state index in [1.54, 1.807) is 6.07 Å². The SMILES string of the molecule is C/C=C(\C)Cc1c(CC2CCCN2C(=O)C(NC(=O)[C@H](C)N(C)C)C(C)(C)C)c2ccc(F)cc2n1C1CC(OC(C)=O)CCO1.C=C/C(C)=C\C.COC(C)=O. The number of esters is 2. The first kappa shape index (κ1) is 48.9. The molecule has 2 fully saturated rings. The second kappa shape index (κ2) is 22.6. The number of allylic oxidation sites excluding steroid dienone is 5. The van der Waals surface area contributed by atoms with Crippen molar-refractivity contribution in [2.45, 2.75) is 138 Å². The van der Waals surface area contributed by atoms with Crippen LogP contribution in [-0.4, -0.2) is 96.7 Å². The Labute approximate surface area is 340 Å². The first-order valence-electron chi connectivity index (χ1n) is 20.0. The fourth-order valence-electron chi connectivity index (χ4n) is 6.79. The Kier molecular flexibility index (Phi) is 19.4. The molecule has 0 spiro atoms. The first-order valence-corrected chi connectivity index (χ1v) is 20.0. The van der Waals surface area contributed by atoms with Gasteiger partial charge in [0.1, 0.15) is 24.2 Å². The van der Waals surface area contributed by atoms with Crippen LogP contribution in [0.25, 0.3) is 10.9 Å². The lowest BCUT2D eigenvalue weighted by Crippen LogP contribution is -2.58. The number of carbonyl (C=O) groups is 4. The molecule has 318 valence electrons. The highest BCUT2D eigenvalue weighted by atomic mass is 19.1. The number of methoxy groups -OCH3 is 1. The summed E-state index contributed by atoms with van der Waals surface area (Å²) in [6.07, 6.45) is 9.19. The molecule has 0 aliphatic carbocycles. The lowest BCUT2D eigenvalue weighted by Gasteiger charge is -2.37. The van der Waals surface area contributed by atoms with Crippen molar-refractivity contribution in [3.05, 3.63) is 71.2 Å². The number of likely N-dealkylation sites (N-methyl/N-ethyl adjacent to an activating group) is 1. The van der Waals surface area contributed by atoms with Gasteiger partial charge in [-0.05, 0) is 97.2 Å². The predicted molar refractivity (Wildman–Crippen MR) is 225 cm³/mol. The Hall–Kier alpha value is -4.29. The van der Waals surface area contributed by atoms with E-state index in [2.05, 4.69) is 34.2 Å². The lowest BCUT2D eigenvalue weighted by molar-refractivity contribution is -0.156. The van der Waals surface area contributed by atoms with Crippen molar-refractivity contribution in [3.63, 3.8) is 0 Å². The van der Waals surface area contributed by atoms with Gasteiger partial charge in [-0.1, -0.05) is 56.7 Å². The molecule has 0 bridgehead atoms. The van der Waals surface area contributed by atoms with Crippen LogP contribution in [0.15, 0.2) is 54.2 Å². The smallest absolute Gasteiger partial charge is 0.302 e. The number of halogens is 1. The van der Waals surface area contributed by atoms with Crippen molar-refractivity contribution in [2.75, 3.05) is 34.4 Å². The van der Waals surface area contributed by atoms with Crippen LogP contribution in [0, 0.1) is 11.2 Å². The Morgan fingerprint density at radius 1 is 1.07 bits per heavy atom. The minimum Gasteiger partial charge on any atom is -0.469 e. The van der Waals surface area contributed by atoms with Gasteiger partial charge in [0.15, 0.2) is 0 Å². The Bertz CT molecular complexity index is 1760. The highest BCUT2D eigenvalue weighted by molar-refractivity contribution is 5.91. The van der Waals surface area contributed by atoms with Gasteiger partial charge in [0.2, 0.25) is 11.8 Å². The van der Waals surface area contributed by atoms with E-state index in [9.17, 15) is 23.6 Å².